The van der Waals surface area contributed by atoms with Crippen LogP contribution in [0.3, 0.4) is 0 Å². The fraction of sp³-hybridized carbons (Fsp3) is 0.133. The lowest BCUT2D eigenvalue weighted by atomic mass is 10.2. The van der Waals surface area contributed by atoms with Gasteiger partial charge in [0.25, 0.3) is 0 Å². The number of nitrogens with two attached hydrogens (primary N) is 1. The molecular weight excluding hydrogens is 338 g/mol. The smallest absolute Gasteiger partial charge is 0.339 e. The van der Waals surface area contributed by atoms with Crippen molar-refractivity contribution in [2.75, 3.05) is 12.3 Å². The number of carbonyl (C=O) groups is 1. The standard InChI is InChI=1S/C15H12ClN3O3S/c1-2-21-14(20)10-7-23-11-5-8(3-4-9(10)11)22-13-6-12(16)18-15(17)19-13/h3-7H,2H2,1H3,(H2,17,18,19). The quantitative estimate of drug-likeness (QED) is 0.567. The van der Waals surface area contributed by atoms with Gasteiger partial charge in [-0.25, -0.2) is 9.78 Å². The van der Waals surface area contributed by atoms with Gasteiger partial charge in [-0.1, -0.05) is 11.6 Å². The second-order valence-corrected chi connectivity index (χ2v) is 5.82. The van der Waals surface area contributed by atoms with Crippen LogP contribution in [-0.4, -0.2) is 22.5 Å². The molecule has 0 amide bonds. The van der Waals surface area contributed by atoms with E-state index >= 15 is 0 Å². The molecule has 0 fully saturated rings. The van der Waals surface area contributed by atoms with Crippen LogP contribution in [0, 0.1) is 0 Å². The maximum Gasteiger partial charge on any atom is 0.339 e. The summed E-state index contributed by atoms with van der Waals surface area (Å²) in [6, 6.07) is 6.83. The summed E-state index contributed by atoms with van der Waals surface area (Å²) < 4.78 is 11.6. The molecule has 0 bridgehead atoms. The SMILES string of the molecule is CCOC(=O)c1csc2cc(Oc3cc(Cl)nc(N)n3)ccc12. The fourth-order valence-corrected chi connectivity index (χ4v) is 3.16. The molecule has 8 heteroatoms. The topological polar surface area (TPSA) is 87.3 Å². The molecule has 2 heterocycles. The van der Waals surface area contributed by atoms with Gasteiger partial charge in [-0.3, -0.25) is 0 Å². The minimum atomic E-state index is -0.331. The van der Waals surface area contributed by atoms with E-state index in [0.717, 1.165) is 10.1 Å². The molecule has 6 nitrogen and oxygen atoms in total. The van der Waals surface area contributed by atoms with Gasteiger partial charge in [-0.05, 0) is 25.1 Å². The van der Waals surface area contributed by atoms with E-state index in [9.17, 15) is 4.79 Å². The Balaban J connectivity index is 1.90. The van der Waals surface area contributed by atoms with Crippen molar-refractivity contribution in [3.8, 4) is 11.6 Å². The van der Waals surface area contributed by atoms with Gasteiger partial charge < -0.3 is 15.2 Å². The molecule has 0 spiro atoms. The van der Waals surface area contributed by atoms with E-state index in [1.807, 2.05) is 6.07 Å². The van der Waals surface area contributed by atoms with Gasteiger partial charge >= 0.3 is 5.97 Å². The summed E-state index contributed by atoms with van der Waals surface area (Å²) in [6.07, 6.45) is 0. The number of thiophene rings is 1. The highest BCUT2D eigenvalue weighted by Gasteiger charge is 2.14. The second kappa shape index (κ2) is 6.39. The zero-order valence-electron chi connectivity index (χ0n) is 12.1. The molecule has 0 saturated heterocycles. The molecule has 3 aromatic rings. The lowest BCUT2D eigenvalue weighted by molar-refractivity contribution is 0.0529. The van der Waals surface area contributed by atoms with E-state index in [2.05, 4.69) is 9.97 Å². The molecule has 0 aliphatic rings. The number of anilines is 1. The van der Waals surface area contributed by atoms with E-state index in [1.165, 1.54) is 17.4 Å². The Morgan fingerprint density at radius 3 is 2.91 bits per heavy atom. The molecule has 2 N–H and O–H groups in total. The molecule has 3 rings (SSSR count). The monoisotopic (exact) mass is 349 g/mol. The molecule has 0 radical (unpaired) electrons. The Hall–Kier alpha value is -2.38. The third-order valence-corrected chi connectivity index (χ3v) is 4.09. The maximum atomic E-state index is 11.9. The summed E-state index contributed by atoms with van der Waals surface area (Å²) in [5.74, 6) is 0.519. The average molecular weight is 350 g/mol. The zero-order valence-corrected chi connectivity index (χ0v) is 13.6. The molecule has 23 heavy (non-hydrogen) atoms. The third kappa shape index (κ3) is 3.35. The second-order valence-electron chi connectivity index (χ2n) is 4.52. The number of hydrogen-bond acceptors (Lipinski definition) is 7. The normalized spacial score (nSPS) is 10.7. The number of esters is 1. The minimum absolute atomic E-state index is 0.0364. The predicted molar refractivity (Wildman–Crippen MR) is 89.3 cm³/mol. The Labute approximate surface area is 140 Å². The molecule has 0 atom stereocenters. The van der Waals surface area contributed by atoms with Crippen molar-refractivity contribution in [1.82, 2.24) is 9.97 Å². The highest BCUT2D eigenvalue weighted by molar-refractivity contribution is 7.17. The van der Waals surface area contributed by atoms with Gasteiger partial charge in [0.2, 0.25) is 11.8 Å². The van der Waals surface area contributed by atoms with E-state index < -0.39 is 0 Å². The van der Waals surface area contributed by atoms with Crippen LogP contribution in [0.1, 0.15) is 17.3 Å². The zero-order chi connectivity index (χ0) is 16.4. The van der Waals surface area contributed by atoms with Crippen LogP contribution in [0.4, 0.5) is 5.95 Å². The highest BCUT2D eigenvalue weighted by Crippen LogP contribution is 2.32. The van der Waals surface area contributed by atoms with Gasteiger partial charge in [0.15, 0.2) is 0 Å². The van der Waals surface area contributed by atoms with Crippen LogP contribution in [0.5, 0.6) is 11.6 Å². The molecule has 0 saturated carbocycles. The van der Waals surface area contributed by atoms with Crippen molar-refractivity contribution in [2.45, 2.75) is 6.92 Å². The maximum absolute atomic E-state index is 11.9. The Bertz CT molecular complexity index is 861. The van der Waals surface area contributed by atoms with Crippen LogP contribution in [0.25, 0.3) is 10.1 Å². The molecule has 0 unspecified atom stereocenters. The first-order valence-electron chi connectivity index (χ1n) is 6.73. The fourth-order valence-electron chi connectivity index (χ4n) is 2.03. The van der Waals surface area contributed by atoms with E-state index in [0.29, 0.717) is 17.9 Å². The van der Waals surface area contributed by atoms with Crippen molar-refractivity contribution < 1.29 is 14.3 Å². The van der Waals surface area contributed by atoms with Gasteiger partial charge in [-0.2, -0.15) is 4.98 Å². The third-order valence-electron chi connectivity index (χ3n) is 2.95. The minimum Gasteiger partial charge on any atom is -0.462 e. The van der Waals surface area contributed by atoms with E-state index in [-0.39, 0.29) is 23.0 Å². The van der Waals surface area contributed by atoms with Crippen LogP contribution in [0.15, 0.2) is 29.6 Å². The molecule has 1 aromatic carbocycles. The first-order chi connectivity index (χ1) is 11.1. The summed E-state index contributed by atoms with van der Waals surface area (Å²) in [4.78, 5) is 19.6. The molecule has 118 valence electrons. The lowest BCUT2D eigenvalue weighted by Crippen LogP contribution is -2.03. The van der Waals surface area contributed by atoms with Gasteiger partial charge in [0.1, 0.15) is 10.9 Å². The number of hydrogen-bond donors (Lipinski definition) is 1. The number of fused-ring (bicyclic) bond motifs is 1. The van der Waals surface area contributed by atoms with Gasteiger partial charge in [0, 0.05) is 21.5 Å². The Morgan fingerprint density at radius 2 is 2.17 bits per heavy atom. The lowest BCUT2D eigenvalue weighted by Gasteiger charge is -2.06. The molecule has 0 aliphatic carbocycles. The van der Waals surface area contributed by atoms with Crippen molar-refractivity contribution in [3.05, 3.63) is 40.4 Å². The largest absolute Gasteiger partial charge is 0.462 e. The highest BCUT2D eigenvalue weighted by atomic mass is 35.5. The first-order valence-corrected chi connectivity index (χ1v) is 7.99. The van der Waals surface area contributed by atoms with E-state index in [1.54, 1.807) is 24.4 Å². The number of nitrogen functional groups attached to an aromatic ring is 1. The summed E-state index contributed by atoms with van der Waals surface area (Å²) in [7, 11) is 0. The summed E-state index contributed by atoms with van der Waals surface area (Å²) in [5.41, 5.74) is 6.08. The summed E-state index contributed by atoms with van der Waals surface area (Å²) >= 11 is 7.25. The van der Waals surface area contributed by atoms with E-state index in [4.69, 9.17) is 26.8 Å². The van der Waals surface area contributed by atoms with Crippen molar-refractivity contribution in [3.63, 3.8) is 0 Å². The summed E-state index contributed by atoms with van der Waals surface area (Å²) in [6.45, 7) is 2.12. The Kier molecular flexibility index (Phi) is 4.31. The van der Waals surface area contributed by atoms with Crippen LogP contribution < -0.4 is 10.5 Å². The number of ether oxygens (including phenoxy) is 2. The number of rotatable bonds is 4. The first kappa shape index (κ1) is 15.5. The molecule has 0 aliphatic heterocycles. The number of halogens is 1. The van der Waals surface area contributed by atoms with Crippen LogP contribution in [0.2, 0.25) is 5.15 Å². The van der Waals surface area contributed by atoms with Gasteiger partial charge in [-0.15, -0.1) is 11.3 Å². The summed E-state index contributed by atoms with van der Waals surface area (Å²) in [5, 5.41) is 2.79. The number of nitrogens with zero attached hydrogens (tertiary/aromatic N) is 2. The van der Waals surface area contributed by atoms with Gasteiger partial charge in [0.05, 0.1) is 12.2 Å². The Morgan fingerprint density at radius 1 is 1.35 bits per heavy atom. The average Bonchev–Trinajstić information content (AvgIpc) is 2.89. The number of benzene rings is 1. The van der Waals surface area contributed by atoms with Crippen molar-refractivity contribution in [2.24, 2.45) is 0 Å². The number of aromatic nitrogens is 2. The van der Waals surface area contributed by atoms with Crippen LogP contribution in [-0.2, 0) is 4.74 Å². The number of carbonyl (C=O) groups excluding carboxylic acids is 1. The molecular formula is C15H12ClN3O3S. The predicted octanol–water partition coefficient (Wildman–Crippen LogP) is 3.90. The van der Waals surface area contributed by atoms with Crippen molar-refractivity contribution in [1.29, 1.82) is 0 Å². The van der Waals surface area contributed by atoms with Crippen molar-refractivity contribution >= 4 is 44.9 Å². The molecule has 2 aromatic heterocycles. The van der Waals surface area contributed by atoms with Crippen LogP contribution >= 0.6 is 22.9 Å².